The van der Waals surface area contributed by atoms with Crippen molar-refractivity contribution in [2.24, 2.45) is 0 Å². The van der Waals surface area contributed by atoms with Gasteiger partial charge in [-0.1, -0.05) is 18.2 Å². The lowest BCUT2D eigenvalue weighted by atomic mass is 10.1. The molecule has 4 heteroatoms. The van der Waals surface area contributed by atoms with E-state index in [1.54, 1.807) is 0 Å². The highest BCUT2D eigenvalue weighted by atomic mass is 32.1. The molecule has 3 N–H and O–H groups in total. The molecule has 2 aromatic heterocycles. The number of fused-ring (bicyclic) bond motifs is 6. The highest BCUT2D eigenvalue weighted by molar-refractivity contribution is 7.25. The molecule has 28 heavy (non-hydrogen) atoms. The second-order valence-electron chi connectivity index (χ2n) is 7.00. The molecule has 134 valence electrons. The van der Waals surface area contributed by atoms with Gasteiger partial charge in [-0.25, -0.2) is 0 Å². The van der Waals surface area contributed by atoms with Gasteiger partial charge in [-0.05, 0) is 54.6 Å². The first kappa shape index (κ1) is 15.5. The van der Waals surface area contributed by atoms with Crippen molar-refractivity contribution in [3.63, 3.8) is 0 Å². The molecule has 0 aliphatic heterocycles. The molecular weight excluding hydrogens is 364 g/mol. The Kier molecular flexibility index (Phi) is 3.19. The minimum Gasteiger partial charge on any atom is -0.456 e. The highest BCUT2D eigenvalue weighted by Gasteiger charge is 2.09. The van der Waals surface area contributed by atoms with Crippen molar-refractivity contribution in [3.05, 3.63) is 78.9 Å². The van der Waals surface area contributed by atoms with Gasteiger partial charge in [-0.2, -0.15) is 0 Å². The molecule has 0 atom stereocenters. The van der Waals surface area contributed by atoms with E-state index in [4.69, 9.17) is 10.2 Å². The van der Waals surface area contributed by atoms with Gasteiger partial charge in [0, 0.05) is 54.1 Å². The van der Waals surface area contributed by atoms with Crippen LogP contribution in [0.1, 0.15) is 0 Å². The van der Waals surface area contributed by atoms with E-state index in [1.165, 1.54) is 20.2 Å². The van der Waals surface area contributed by atoms with E-state index in [0.29, 0.717) is 0 Å². The molecule has 6 rings (SSSR count). The van der Waals surface area contributed by atoms with Crippen LogP contribution in [0.2, 0.25) is 0 Å². The van der Waals surface area contributed by atoms with Crippen LogP contribution in [0.25, 0.3) is 42.1 Å². The number of rotatable bonds is 2. The van der Waals surface area contributed by atoms with Crippen molar-refractivity contribution in [1.82, 2.24) is 0 Å². The normalized spacial score (nSPS) is 11.7. The number of furan rings is 1. The van der Waals surface area contributed by atoms with Gasteiger partial charge in [0.2, 0.25) is 0 Å². The average molecular weight is 380 g/mol. The molecule has 0 aliphatic carbocycles. The standard InChI is InChI=1S/C24H16N2OS/c25-14-5-9-21-19(11-14)17-8-6-16(13-22(17)27-21)26-15-7-10-24-20(12-15)18-3-1-2-4-23(18)28-24/h1-13,26H,25H2. The molecule has 2 heterocycles. The van der Waals surface area contributed by atoms with E-state index in [9.17, 15) is 0 Å². The number of benzene rings is 4. The first-order chi connectivity index (χ1) is 13.7. The van der Waals surface area contributed by atoms with Crippen LogP contribution in [0.4, 0.5) is 17.1 Å². The van der Waals surface area contributed by atoms with Crippen molar-refractivity contribution in [3.8, 4) is 0 Å². The van der Waals surface area contributed by atoms with Crippen molar-refractivity contribution >= 4 is 70.5 Å². The number of nitrogen functional groups attached to an aromatic ring is 1. The molecule has 0 bridgehead atoms. The predicted octanol–water partition coefficient (Wildman–Crippen LogP) is 7.28. The topological polar surface area (TPSA) is 51.2 Å². The Morgan fingerprint density at radius 2 is 1.46 bits per heavy atom. The Hall–Kier alpha value is -3.50. The molecule has 0 saturated carbocycles. The Morgan fingerprint density at radius 3 is 2.43 bits per heavy atom. The first-order valence-electron chi connectivity index (χ1n) is 9.15. The van der Waals surface area contributed by atoms with Gasteiger partial charge in [0.25, 0.3) is 0 Å². The number of nitrogens with two attached hydrogens (primary N) is 1. The van der Waals surface area contributed by atoms with Crippen LogP contribution in [0, 0.1) is 0 Å². The smallest absolute Gasteiger partial charge is 0.137 e. The SMILES string of the molecule is Nc1ccc2oc3cc(Nc4ccc5sc6ccccc6c5c4)ccc3c2c1. The summed E-state index contributed by atoms with van der Waals surface area (Å²) in [6, 6.07) is 27.0. The second kappa shape index (κ2) is 5.75. The molecule has 3 nitrogen and oxygen atoms in total. The zero-order valence-electron chi connectivity index (χ0n) is 14.9. The number of nitrogens with one attached hydrogen (secondary N) is 1. The van der Waals surface area contributed by atoms with Crippen molar-refractivity contribution in [2.75, 3.05) is 11.1 Å². The van der Waals surface area contributed by atoms with Crippen molar-refractivity contribution in [1.29, 1.82) is 0 Å². The minimum absolute atomic E-state index is 0.744. The molecular formula is C24H16N2OS. The van der Waals surface area contributed by atoms with Crippen LogP contribution in [0.15, 0.2) is 83.3 Å². The van der Waals surface area contributed by atoms with E-state index in [-0.39, 0.29) is 0 Å². The second-order valence-corrected chi connectivity index (χ2v) is 8.09. The fraction of sp³-hybridized carbons (Fsp3) is 0. The maximum absolute atomic E-state index is 6.01. The van der Waals surface area contributed by atoms with Gasteiger partial charge >= 0.3 is 0 Å². The van der Waals surface area contributed by atoms with Crippen LogP contribution < -0.4 is 11.1 Å². The number of hydrogen-bond acceptors (Lipinski definition) is 4. The van der Waals surface area contributed by atoms with E-state index in [2.05, 4.69) is 59.9 Å². The van der Waals surface area contributed by atoms with Gasteiger partial charge in [-0.15, -0.1) is 11.3 Å². The Balaban J connectivity index is 1.43. The molecule has 0 aliphatic rings. The lowest BCUT2D eigenvalue weighted by molar-refractivity contribution is 0.669. The molecule has 0 spiro atoms. The van der Waals surface area contributed by atoms with Gasteiger partial charge in [-0.3, -0.25) is 0 Å². The number of hydrogen-bond donors (Lipinski definition) is 2. The van der Waals surface area contributed by atoms with Crippen LogP contribution >= 0.6 is 11.3 Å². The number of anilines is 3. The van der Waals surface area contributed by atoms with Crippen LogP contribution in [0.3, 0.4) is 0 Å². The summed E-state index contributed by atoms with van der Waals surface area (Å²) >= 11 is 1.83. The molecule has 6 aromatic rings. The van der Waals surface area contributed by atoms with E-state index in [1.807, 2.05) is 35.6 Å². The quantitative estimate of drug-likeness (QED) is 0.310. The summed E-state index contributed by atoms with van der Waals surface area (Å²) in [4.78, 5) is 0. The third-order valence-electron chi connectivity index (χ3n) is 5.16. The summed E-state index contributed by atoms with van der Waals surface area (Å²) in [5, 5.41) is 8.23. The van der Waals surface area contributed by atoms with Gasteiger partial charge < -0.3 is 15.5 Å². The maximum Gasteiger partial charge on any atom is 0.137 e. The molecule has 0 fully saturated rings. The lowest BCUT2D eigenvalue weighted by Gasteiger charge is -2.06. The minimum atomic E-state index is 0.744. The van der Waals surface area contributed by atoms with Crippen molar-refractivity contribution in [2.45, 2.75) is 0 Å². The molecule has 0 unspecified atom stereocenters. The van der Waals surface area contributed by atoms with E-state index in [0.717, 1.165) is 39.0 Å². The summed E-state index contributed by atoms with van der Waals surface area (Å²) in [6.07, 6.45) is 0. The zero-order chi connectivity index (χ0) is 18.7. The van der Waals surface area contributed by atoms with E-state index < -0.39 is 0 Å². The van der Waals surface area contributed by atoms with Crippen LogP contribution in [0.5, 0.6) is 0 Å². The lowest BCUT2D eigenvalue weighted by Crippen LogP contribution is -1.89. The largest absolute Gasteiger partial charge is 0.456 e. The monoisotopic (exact) mass is 380 g/mol. The Morgan fingerprint density at radius 1 is 0.643 bits per heavy atom. The highest BCUT2D eigenvalue weighted by Crippen LogP contribution is 2.36. The summed E-state index contributed by atoms with van der Waals surface area (Å²) in [7, 11) is 0. The summed E-state index contributed by atoms with van der Waals surface area (Å²) < 4.78 is 8.63. The number of thiophene rings is 1. The summed E-state index contributed by atoms with van der Waals surface area (Å²) in [6.45, 7) is 0. The van der Waals surface area contributed by atoms with Gasteiger partial charge in [0.1, 0.15) is 11.2 Å². The van der Waals surface area contributed by atoms with Crippen molar-refractivity contribution < 1.29 is 4.42 Å². The summed E-state index contributed by atoms with van der Waals surface area (Å²) in [5.41, 5.74) is 10.4. The molecule has 0 saturated heterocycles. The maximum atomic E-state index is 6.01. The molecule has 4 aromatic carbocycles. The molecule has 0 radical (unpaired) electrons. The Bertz CT molecular complexity index is 1510. The van der Waals surface area contributed by atoms with Gasteiger partial charge in [0.15, 0.2) is 0 Å². The van der Waals surface area contributed by atoms with Gasteiger partial charge in [0.05, 0.1) is 0 Å². The fourth-order valence-electron chi connectivity index (χ4n) is 3.84. The van der Waals surface area contributed by atoms with E-state index >= 15 is 0 Å². The fourth-order valence-corrected chi connectivity index (χ4v) is 4.93. The van der Waals surface area contributed by atoms with Crippen LogP contribution in [-0.2, 0) is 0 Å². The Labute approximate surface area is 165 Å². The zero-order valence-corrected chi connectivity index (χ0v) is 15.7. The summed E-state index contributed by atoms with van der Waals surface area (Å²) in [5.74, 6) is 0. The first-order valence-corrected chi connectivity index (χ1v) is 9.96. The third kappa shape index (κ3) is 2.35. The van der Waals surface area contributed by atoms with Crippen LogP contribution in [-0.4, -0.2) is 0 Å². The molecule has 0 amide bonds. The predicted molar refractivity (Wildman–Crippen MR) is 121 cm³/mol. The third-order valence-corrected chi connectivity index (χ3v) is 6.31. The average Bonchev–Trinajstić information content (AvgIpc) is 3.25.